The van der Waals surface area contributed by atoms with E-state index in [0.29, 0.717) is 23.0 Å². The van der Waals surface area contributed by atoms with Crippen molar-refractivity contribution in [2.75, 3.05) is 5.32 Å². The second-order valence-corrected chi connectivity index (χ2v) is 6.60. The summed E-state index contributed by atoms with van der Waals surface area (Å²) in [4.78, 5) is 25.4. The van der Waals surface area contributed by atoms with Gasteiger partial charge in [-0.05, 0) is 30.0 Å². The van der Waals surface area contributed by atoms with Crippen molar-refractivity contribution >= 4 is 22.8 Å². The second kappa shape index (κ2) is 6.93. The molecular weight excluding hydrogens is 314 g/mol. The van der Waals surface area contributed by atoms with Crippen molar-refractivity contribution in [3.63, 3.8) is 0 Å². The lowest BCUT2D eigenvalue weighted by Crippen LogP contribution is -2.17. The number of amides is 1. The highest BCUT2D eigenvalue weighted by Gasteiger charge is 2.19. The molecule has 0 aliphatic rings. The number of benzene rings is 2. The second-order valence-electron chi connectivity index (χ2n) is 6.60. The molecule has 0 spiro atoms. The van der Waals surface area contributed by atoms with Gasteiger partial charge in [-0.15, -0.1) is 0 Å². The Kier molecular flexibility index (Phi) is 4.70. The molecule has 0 unspecified atom stereocenters. The Morgan fingerprint density at radius 1 is 1.08 bits per heavy atom. The predicted octanol–water partition coefficient (Wildman–Crippen LogP) is 4.75. The highest BCUT2D eigenvalue weighted by atomic mass is 16.4. The molecule has 4 heteroatoms. The third kappa shape index (κ3) is 3.48. The molecule has 0 aliphatic carbocycles. The van der Waals surface area contributed by atoms with Gasteiger partial charge in [-0.2, -0.15) is 0 Å². The van der Waals surface area contributed by atoms with E-state index in [0.717, 1.165) is 11.1 Å². The van der Waals surface area contributed by atoms with Crippen molar-refractivity contribution in [2.45, 2.75) is 27.2 Å². The van der Waals surface area contributed by atoms with E-state index in [2.05, 4.69) is 5.32 Å². The molecule has 0 saturated heterocycles. The Bertz CT molecular complexity index is 972. The van der Waals surface area contributed by atoms with E-state index < -0.39 is 0 Å². The fraction of sp³-hybridized carbons (Fsp3) is 0.238. The number of fused-ring (bicyclic) bond motifs is 1. The maximum absolute atomic E-state index is 13.1. The topological polar surface area (TPSA) is 59.3 Å². The third-order valence-electron chi connectivity index (χ3n) is 4.02. The fourth-order valence-electron chi connectivity index (χ4n) is 2.86. The first-order valence-corrected chi connectivity index (χ1v) is 8.39. The summed E-state index contributed by atoms with van der Waals surface area (Å²) in [6, 6.07) is 14.7. The summed E-state index contributed by atoms with van der Waals surface area (Å²) in [6.07, 6.45) is 0.365. The normalized spacial score (nSPS) is 11.0. The van der Waals surface area contributed by atoms with Gasteiger partial charge in [-0.1, -0.05) is 56.3 Å². The SMILES string of the molecule is Cc1cccc2c(=O)c(-c3ccccc3)c(NC(=O)CC(C)C)oc12. The predicted molar refractivity (Wildman–Crippen MR) is 101 cm³/mol. The van der Waals surface area contributed by atoms with Gasteiger partial charge in [0.15, 0.2) is 0 Å². The van der Waals surface area contributed by atoms with E-state index in [4.69, 9.17) is 4.42 Å². The van der Waals surface area contributed by atoms with Gasteiger partial charge in [0.1, 0.15) is 5.58 Å². The maximum Gasteiger partial charge on any atom is 0.226 e. The van der Waals surface area contributed by atoms with Gasteiger partial charge in [-0.25, -0.2) is 0 Å². The molecule has 3 rings (SSSR count). The standard InChI is InChI=1S/C21H21NO3/c1-13(2)12-17(23)22-21-18(15-9-5-4-6-10-15)19(24)16-11-7-8-14(3)20(16)25-21/h4-11,13H,12H2,1-3H3,(H,22,23). The number of hydrogen-bond acceptors (Lipinski definition) is 3. The molecule has 1 amide bonds. The van der Waals surface area contributed by atoms with Gasteiger partial charge < -0.3 is 4.42 Å². The Morgan fingerprint density at radius 3 is 2.48 bits per heavy atom. The van der Waals surface area contributed by atoms with Crippen LogP contribution in [0.1, 0.15) is 25.8 Å². The van der Waals surface area contributed by atoms with Gasteiger partial charge in [0.05, 0.1) is 10.9 Å². The smallest absolute Gasteiger partial charge is 0.226 e. The van der Waals surface area contributed by atoms with E-state index in [9.17, 15) is 9.59 Å². The number of carbonyl (C=O) groups excluding carboxylic acids is 1. The molecule has 4 nitrogen and oxygen atoms in total. The average molecular weight is 335 g/mol. The third-order valence-corrected chi connectivity index (χ3v) is 4.02. The van der Waals surface area contributed by atoms with Gasteiger partial charge in [0.2, 0.25) is 17.2 Å². The molecule has 1 heterocycles. The number of rotatable bonds is 4. The summed E-state index contributed by atoms with van der Waals surface area (Å²) in [7, 11) is 0. The number of nitrogens with one attached hydrogen (secondary N) is 1. The number of anilines is 1. The Balaban J connectivity index is 2.23. The minimum atomic E-state index is -0.164. The first-order chi connectivity index (χ1) is 12.0. The van der Waals surface area contributed by atoms with Crippen LogP contribution in [0.2, 0.25) is 0 Å². The van der Waals surface area contributed by atoms with Crippen LogP contribution < -0.4 is 10.7 Å². The molecular formula is C21H21NO3. The van der Waals surface area contributed by atoms with Crippen molar-refractivity contribution in [3.05, 3.63) is 64.3 Å². The van der Waals surface area contributed by atoms with Crippen molar-refractivity contribution < 1.29 is 9.21 Å². The summed E-state index contributed by atoms with van der Waals surface area (Å²) in [5.41, 5.74) is 2.33. The summed E-state index contributed by atoms with van der Waals surface area (Å²) >= 11 is 0. The molecule has 128 valence electrons. The number of carbonyl (C=O) groups is 1. The lowest BCUT2D eigenvalue weighted by molar-refractivity contribution is -0.116. The van der Waals surface area contributed by atoms with E-state index in [-0.39, 0.29) is 23.1 Å². The van der Waals surface area contributed by atoms with Crippen molar-refractivity contribution in [1.82, 2.24) is 0 Å². The quantitative estimate of drug-likeness (QED) is 0.748. The molecule has 1 aromatic heterocycles. The van der Waals surface area contributed by atoms with Crippen LogP contribution in [0.4, 0.5) is 5.88 Å². The van der Waals surface area contributed by atoms with Gasteiger partial charge in [-0.3, -0.25) is 14.9 Å². The summed E-state index contributed by atoms with van der Waals surface area (Å²) in [5, 5.41) is 3.31. The van der Waals surface area contributed by atoms with Crippen LogP contribution >= 0.6 is 0 Å². The van der Waals surface area contributed by atoms with E-state index >= 15 is 0 Å². The van der Waals surface area contributed by atoms with Crippen LogP contribution in [0.3, 0.4) is 0 Å². The van der Waals surface area contributed by atoms with Crippen molar-refractivity contribution in [1.29, 1.82) is 0 Å². The van der Waals surface area contributed by atoms with Crippen molar-refractivity contribution in [3.8, 4) is 11.1 Å². The monoisotopic (exact) mass is 335 g/mol. The highest BCUT2D eigenvalue weighted by molar-refractivity contribution is 5.96. The number of para-hydroxylation sites is 1. The van der Waals surface area contributed by atoms with Crippen LogP contribution in [0.5, 0.6) is 0 Å². The van der Waals surface area contributed by atoms with E-state index in [1.165, 1.54) is 0 Å². The highest BCUT2D eigenvalue weighted by Crippen LogP contribution is 2.30. The first-order valence-electron chi connectivity index (χ1n) is 8.39. The lowest BCUT2D eigenvalue weighted by atomic mass is 10.0. The summed E-state index contributed by atoms with van der Waals surface area (Å²) < 4.78 is 5.98. The Morgan fingerprint density at radius 2 is 1.80 bits per heavy atom. The van der Waals surface area contributed by atoms with Gasteiger partial charge >= 0.3 is 0 Å². The molecule has 0 aliphatic heterocycles. The molecule has 3 aromatic rings. The molecule has 0 atom stereocenters. The molecule has 2 aromatic carbocycles. The van der Waals surface area contributed by atoms with E-state index in [1.54, 1.807) is 6.07 Å². The van der Waals surface area contributed by atoms with Gasteiger partial charge in [0.25, 0.3) is 0 Å². The van der Waals surface area contributed by atoms with Crippen LogP contribution in [-0.2, 0) is 4.79 Å². The minimum Gasteiger partial charge on any atom is -0.439 e. The minimum absolute atomic E-state index is 0.143. The lowest BCUT2D eigenvalue weighted by Gasteiger charge is -2.13. The first kappa shape index (κ1) is 17.0. The number of aryl methyl sites for hydroxylation is 1. The van der Waals surface area contributed by atoms with Crippen LogP contribution in [0, 0.1) is 12.8 Å². The average Bonchev–Trinajstić information content (AvgIpc) is 2.56. The molecule has 25 heavy (non-hydrogen) atoms. The molecule has 0 fully saturated rings. The van der Waals surface area contributed by atoms with Gasteiger partial charge in [0, 0.05) is 6.42 Å². The Hall–Kier alpha value is -2.88. The summed E-state index contributed by atoms with van der Waals surface area (Å²) in [5.74, 6) is 0.265. The van der Waals surface area contributed by atoms with Crippen molar-refractivity contribution in [2.24, 2.45) is 5.92 Å². The van der Waals surface area contributed by atoms with E-state index in [1.807, 2.05) is 63.2 Å². The zero-order valence-corrected chi connectivity index (χ0v) is 14.6. The number of hydrogen-bond donors (Lipinski definition) is 1. The zero-order chi connectivity index (χ0) is 18.0. The summed E-state index contributed by atoms with van der Waals surface area (Å²) in [6.45, 7) is 5.82. The fourth-order valence-corrected chi connectivity index (χ4v) is 2.86. The molecule has 0 bridgehead atoms. The van der Waals surface area contributed by atoms with Crippen LogP contribution in [0.15, 0.2) is 57.7 Å². The molecule has 0 radical (unpaired) electrons. The Labute approximate surface area is 146 Å². The van der Waals surface area contributed by atoms with Crippen LogP contribution in [0.25, 0.3) is 22.1 Å². The molecule has 0 saturated carbocycles. The largest absolute Gasteiger partial charge is 0.439 e. The molecule has 1 N–H and O–H groups in total. The zero-order valence-electron chi connectivity index (χ0n) is 14.6. The maximum atomic E-state index is 13.1. The van der Waals surface area contributed by atoms with Crippen LogP contribution in [-0.4, -0.2) is 5.91 Å².